The number of ether oxygens (including phenoxy) is 3. The summed E-state index contributed by atoms with van der Waals surface area (Å²) in [5, 5.41) is 9.36. The number of methoxy groups -OCH3 is 1. The Morgan fingerprint density at radius 1 is 1.19 bits per heavy atom. The number of amides is 1. The third-order valence-electron chi connectivity index (χ3n) is 5.51. The van der Waals surface area contributed by atoms with Crippen molar-refractivity contribution in [3.63, 3.8) is 0 Å². The molecule has 2 aromatic carbocycles. The fraction of sp³-hybridized carbons (Fsp3) is 0.375. The third kappa shape index (κ3) is 5.64. The van der Waals surface area contributed by atoms with E-state index in [1.165, 1.54) is 7.11 Å². The van der Waals surface area contributed by atoms with E-state index in [2.05, 4.69) is 10.4 Å². The molecule has 2 aliphatic rings. The Balaban J connectivity index is 1.36. The molecule has 0 aromatic heterocycles. The van der Waals surface area contributed by atoms with Crippen LogP contribution in [-0.4, -0.2) is 63.1 Å². The van der Waals surface area contributed by atoms with Crippen molar-refractivity contribution in [3.8, 4) is 5.75 Å². The Kier molecular flexibility index (Phi) is 7.01. The van der Waals surface area contributed by atoms with Crippen LogP contribution in [0.5, 0.6) is 5.75 Å². The van der Waals surface area contributed by atoms with E-state index in [1.54, 1.807) is 18.3 Å². The maximum atomic E-state index is 12.7. The maximum absolute atomic E-state index is 12.7. The third-order valence-corrected chi connectivity index (χ3v) is 5.51. The Morgan fingerprint density at radius 2 is 1.97 bits per heavy atom. The number of carbonyl (C=O) groups is 2. The van der Waals surface area contributed by atoms with E-state index in [0.29, 0.717) is 43.9 Å². The smallest absolute Gasteiger partial charge is 0.305 e. The van der Waals surface area contributed by atoms with Gasteiger partial charge in [0.05, 0.1) is 52.7 Å². The minimum atomic E-state index is -0.245. The van der Waals surface area contributed by atoms with Crippen LogP contribution in [0.15, 0.2) is 47.6 Å². The number of esters is 1. The number of nitrogens with one attached hydrogen (secondary N) is 1. The van der Waals surface area contributed by atoms with Crippen LogP contribution < -0.4 is 10.1 Å². The largest absolute Gasteiger partial charge is 0.493 e. The van der Waals surface area contributed by atoms with E-state index in [1.807, 2.05) is 35.3 Å². The molecule has 2 heterocycles. The van der Waals surface area contributed by atoms with Gasteiger partial charge in [-0.25, -0.2) is 0 Å². The first kappa shape index (κ1) is 21.8. The summed E-state index contributed by atoms with van der Waals surface area (Å²) in [4.78, 5) is 24.2. The van der Waals surface area contributed by atoms with Crippen molar-refractivity contribution in [1.82, 2.24) is 5.01 Å². The Labute approximate surface area is 187 Å². The van der Waals surface area contributed by atoms with Crippen LogP contribution in [0.2, 0.25) is 0 Å². The first-order valence-corrected chi connectivity index (χ1v) is 10.7. The predicted octanol–water partition coefficient (Wildman–Crippen LogP) is 2.72. The molecule has 0 spiro atoms. The van der Waals surface area contributed by atoms with Gasteiger partial charge in [-0.2, -0.15) is 5.10 Å². The zero-order valence-corrected chi connectivity index (χ0v) is 18.1. The van der Waals surface area contributed by atoms with E-state index < -0.39 is 0 Å². The Morgan fingerprint density at radius 3 is 2.72 bits per heavy atom. The number of hydrazone groups is 1. The number of benzene rings is 2. The van der Waals surface area contributed by atoms with Gasteiger partial charge in [-0.15, -0.1) is 0 Å². The average Bonchev–Trinajstić information content (AvgIpc) is 2.83. The molecule has 2 aromatic rings. The van der Waals surface area contributed by atoms with Gasteiger partial charge in [-0.3, -0.25) is 14.6 Å². The molecule has 1 N–H and O–H groups in total. The zero-order chi connectivity index (χ0) is 22.3. The van der Waals surface area contributed by atoms with Gasteiger partial charge in [-0.05, 0) is 47.9 Å². The lowest BCUT2D eigenvalue weighted by Gasteiger charge is -2.25. The Bertz CT molecular complexity index is 984. The molecule has 4 rings (SSSR count). The van der Waals surface area contributed by atoms with E-state index >= 15 is 0 Å². The number of carbonyl (C=O) groups excluding carboxylic acids is 2. The van der Waals surface area contributed by atoms with Crippen molar-refractivity contribution in [2.75, 3.05) is 45.3 Å². The molecule has 32 heavy (non-hydrogen) atoms. The first-order chi connectivity index (χ1) is 15.6. The molecule has 8 heteroatoms. The van der Waals surface area contributed by atoms with Gasteiger partial charge >= 0.3 is 5.97 Å². The van der Waals surface area contributed by atoms with Crippen LogP contribution in [0.25, 0.3) is 0 Å². The van der Waals surface area contributed by atoms with Gasteiger partial charge in [0.15, 0.2) is 0 Å². The first-order valence-electron chi connectivity index (χ1n) is 10.7. The number of morpholine rings is 1. The van der Waals surface area contributed by atoms with Gasteiger partial charge in [-0.1, -0.05) is 12.1 Å². The van der Waals surface area contributed by atoms with Crippen LogP contribution in [-0.2, 0) is 20.7 Å². The summed E-state index contributed by atoms with van der Waals surface area (Å²) in [6.07, 6.45) is 2.81. The number of rotatable bonds is 6. The van der Waals surface area contributed by atoms with Crippen molar-refractivity contribution in [2.45, 2.75) is 12.8 Å². The Hall–Kier alpha value is -3.39. The standard InChI is InChI=1S/C24H27N3O5/c1-30-23(28)13-18-12-20-14-21(6-7-22(20)32-16-18)26-24(29)19-4-2-17(3-5-19)15-25-27-8-10-31-11-9-27/h2-7,14-15,18H,8-13,16H2,1H3,(H,26,29)/b25-15+. The highest BCUT2D eigenvalue weighted by molar-refractivity contribution is 6.04. The summed E-state index contributed by atoms with van der Waals surface area (Å²) in [7, 11) is 1.39. The van der Waals surface area contributed by atoms with Crippen molar-refractivity contribution < 1.29 is 23.8 Å². The summed E-state index contributed by atoms with van der Waals surface area (Å²) in [5.74, 6) is 0.412. The molecule has 1 atom stereocenters. The van der Waals surface area contributed by atoms with E-state index in [0.717, 1.165) is 30.0 Å². The molecule has 1 fully saturated rings. The number of nitrogens with zero attached hydrogens (tertiary/aromatic N) is 2. The quantitative estimate of drug-likeness (QED) is 0.552. The van der Waals surface area contributed by atoms with Crippen LogP contribution in [0.4, 0.5) is 5.69 Å². The number of fused-ring (bicyclic) bond motifs is 1. The van der Waals surface area contributed by atoms with Crippen LogP contribution in [0, 0.1) is 5.92 Å². The van der Waals surface area contributed by atoms with Crippen LogP contribution in [0.1, 0.15) is 27.9 Å². The summed E-state index contributed by atoms with van der Waals surface area (Å²) in [5.41, 5.74) is 3.15. The van der Waals surface area contributed by atoms with Crippen molar-refractivity contribution in [3.05, 3.63) is 59.2 Å². The molecule has 2 aliphatic heterocycles. The molecule has 168 valence electrons. The monoisotopic (exact) mass is 437 g/mol. The van der Waals surface area contributed by atoms with Crippen molar-refractivity contribution >= 4 is 23.8 Å². The summed E-state index contributed by atoms with van der Waals surface area (Å²) in [6.45, 7) is 3.43. The molecule has 1 amide bonds. The topological polar surface area (TPSA) is 89.5 Å². The van der Waals surface area contributed by atoms with Crippen LogP contribution in [0.3, 0.4) is 0 Å². The molecule has 0 aliphatic carbocycles. The van der Waals surface area contributed by atoms with Gasteiger partial charge in [0, 0.05) is 17.2 Å². The predicted molar refractivity (Wildman–Crippen MR) is 120 cm³/mol. The molecular weight excluding hydrogens is 410 g/mol. The molecule has 8 nitrogen and oxygen atoms in total. The highest BCUT2D eigenvalue weighted by Crippen LogP contribution is 2.31. The number of anilines is 1. The lowest BCUT2D eigenvalue weighted by Crippen LogP contribution is -2.32. The molecule has 1 saturated heterocycles. The fourth-order valence-electron chi connectivity index (χ4n) is 3.73. The zero-order valence-electron chi connectivity index (χ0n) is 18.1. The molecule has 0 radical (unpaired) electrons. The lowest BCUT2D eigenvalue weighted by molar-refractivity contribution is -0.142. The normalized spacial score (nSPS) is 18.0. The maximum Gasteiger partial charge on any atom is 0.305 e. The highest BCUT2D eigenvalue weighted by Gasteiger charge is 2.23. The van der Waals surface area contributed by atoms with Gasteiger partial charge in [0.2, 0.25) is 0 Å². The minimum absolute atomic E-state index is 0.0626. The van der Waals surface area contributed by atoms with Gasteiger partial charge in [0.25, 0.3) is 5.91 Å². The molecular formula is C24H27N3O5. The second-order valence-electron chi connectivity index (χ2n) is 7.87. The van der Waals surface area contributed by atoms with Crippen molar-refractivity contribution in [1.29, 1.82) is 0 Å². The van der Waals surface area contributed by atoms with E-state index in [-0.39, 0.29) is 17.8 Å². The summed E-state index contributed by atoms with van der Waals surface area (Å²) >= 11 is 0. The SMILES string of the molecule is COC(=O)CC1COc2ccc(NC(=O)c3ccc(/C=N/N4CCOCC4)cc3)cc2C1. The number of hydrogen-bond donors (Lipinski definition) is 1. The lowest BCUT2D eigenvalue weighted by atomic mass is 9.94. The van der Waals surface area contributed by atoms with Gasteiger partial charge < -0.3 is 19.5 Å². The van der Waals surface area contributed by atoms with E-state index in [9.17, 15) is 9.59 Å². The second-order valence-corrected chi connectivity index (χ2v) is 7.87. The highest BCUT2D eigenvalue weighted by atomic mass is 16.5. The van der Waals surface area contributed by atoms with Gasteiger partial charge in [0.1, 0.15) is 5.75 Å². The number of hydrogen-bond acceptors (Lipinski definition) is 7. The second kappa shape index (κ2) is 10.3. The van der Waals surface area contributed by atoms with Crippen LogP contribution >= 0.6 is 0 Å². The van der Waals surface area contributed by atoms with E-state index in [4.69, 9.17) is 14.2 Å². The molecule has 1 unspecified atom stereocenters. The average molecular weight is 437 g/mol. The fourth-order valence-corrected chi connectivity index (χ4v) is 3.73. The molecule has 0 saturated carbocycles. The van der Waals surface area contributed by atoms with Crippen molar-refractivity contribution in [2.24, 2.45) is 11.0 Å². The summed E-state index contributed by atoms with van der Waals surface area (Å²) < 4.78 is 15.8. The minimum Gasteiger partial charge on any atom is -0.493 e. The molecule has 0 bridgehead atoms. The summed E-state index contributed by atoms with van der Waals surface area (Å²) in [6, 6.07) is 12.9.